The van der Waals surface area contributed by atoms with Gasteiger partial charge in [0.25, 0.3) is 0 Å². The predicted molar refractivity (Wildman–Crippen MR) is 107 cm³/mol. The molecule has 0 fully saturated rings. The Bertz CT molecular complexity index is 979. The molecule has 0 radical (unpaired) electrons. The van der Waals surface area contributed by atoms with E-state index < -0.39 is 11.0 Å². The van der Waals surface area contributed by atoms with E-state index in [2.05, 4.69) is 4.98 Å². The fourth-order valence-corrected chi connectivity index (χ4v) is 5.08. The first kappa shape index (κ1) is 17.4. The fraction of sp³-hybridized carbons (Fsp3) is 0.238. The van der Waals surface area contributed by atoms with Crippen molar-refractivity contribution >= 4 is 28.6 Å². The largest absolute Gasteiger partial charge is 0.380 e. The molecule has 0 saturated heterocycles. The molecule has 0 bridgehead atoms. The van der Waals surface area contributed by atoms with Gasteiger partial charge in [-0.05, 0) is 47.9 Å². The number of halogens is 1. The van der Waals surface area contributed by atoms with E-state index in [-0.39, 0.29) is 0 Å². The summed E-state index contributed by atoms with van der Waals surface area (Å²) in [7, 11) is 0. The molecular weight excluding hydrogens is 364 g/mol. The van der Waals surface area contributed by atoms with Gasteiger partial charge in [0.2, 0.25) is 0 Å². The Morgan fingerprint density at radius 2 is 1.77 bits per heavy atom. The third kappa shape index (κ3) is 2.52. The van der Waals surface area contributed by atoms with Crippen molar-refractivity contribution in [3.05, 3.63) is 75.9 Å². The Morgan fingerprint density at radius 3 is 2.42 bits per heavy atom. The number of benzene rings is 1. The molecule has 2 N–H and O–H groups in total. The predicted octanol–water partition coefficient (Wildman–Crippen LogP) is 5.50. The lowest BCUT2D eigenvalue weighted by Crippen LogP contribution is -2.47. The lowest BCUT2D eigenvalue weighted by molar-refractivity contribution is -0.0357. The molecule has 26 heavy (non-hydrogen) atoms. The number of aromatic nitrogens is 1. The van der Waals surface area contributed by atoms with Crippen LogP contribution in [0.15, 0.2) is 54.9 Å². The van der Waals surface area contributed by atoms with Gasteiger partial charge in [0, 0.05) is 39.0 Å². The maximum Gasteiger partial charge on any atom is 0.121 e. The lowest BCUT2D eigenvalue weighted by Gasteiger charge is -2.47. The minimum Gasteiger partial charge on any atom is -0.380 e. The summed E-state index contributed by atoms with van der Waals surface area (Å²) in [5, 5.41) is 21.1. The number of pyridine rings is 1. The summed E-state index contributed by atoms with van der Waals surface area (Å²) in [6, 6.07) is 13.3. The Morgan fingerprint density at radius 1 is 1.12 bits per heavy atom. The van der Waals surface area contributed by atoms with E-state index in [0.717, 1.165) is 26.4 Å². The molecule has 4 rings (SSSR count). The minimum absolute atomic E-state index is 0.509. The normalized spacial score (nSPS) is 21.5. The van der Waals surface area contributed by atoms with Crippen molar-refractivity contribution in [3.63, 3.8) is 0 Å². The van der Waals surface area contributed by atoms with E-state index in [1.165, 1.54) is 0 Å². The molecule has 132 valence electrons. The van der Waals surface area contributed by atoms with Crippen LogP contribution in [0.25, 0.3) is 10.4 Å². The summed E-state index contributed by atoms with van der Waals surface area (Å²) < 4.78 is 0. The average Bonchev–Trinajstić information content (AvgIpc) is 3.07. The standard InChI is InChI=1S/C21H19ClN2OS/c1-20(2)12-17(23)19-16(11-18(26-19)13-7-9-24-10-8-13)21(20,25)14-3-5-15(22)6-4-14/h3-11,23,25H,12H2,1-2H3. The van der Waals surface area contributed by atoms with Crippen LogP contribution < -0.4 is 0 Å². The van der Waals surface area contributed by atoms with Crippen LogP contribution in [0.2, 0.25) is 5.02 Å². The maximum absolute atomic E-state index is 11.9. The van der Waals surface area contributed by atoms with Crippen LogP contribution in [-0.4, -0.2) is 15.8 Å². The number of fused-ring (bicyclic) bond motifs is 1. The smallest absolute Gasteiger partial charge is 0.121 e. The van der Waals surface area contributed by atoms with Gasteiger partial charge in [0.05, 0.1) is 4.88 Å². The third-order valence-electron chi connectivity index (χ3n) is 5.22. The molecule has 1 unspecified atom stereocenters. The van der Waals surface area contributed by atoms with Crippen molar-refractivity contribution in [2.75, 3.05) is 0 Å². The molecule has 2 aromatic heterocycles. The Labute approximate surface area is 161 Å². The van der Waals surface area contributed by atoms with E-state index in [9.17, 15) is 5.11 Å². The molecule has 0 aliphatic heterocycles. The molecule has 0 amide bonds. The molecule has 5 heteroatoms. The molecule has 3 aromatic rings. The molecule has 1 aliphatic carbocycles. The Balaban J connectivity index is 1.95. The van der Waals surface area contributed by atoms with E-state index in [4.69, 9.17) is 17.0 Å². The highest BCUT2D eigenvalue weighted by Gasteiger charge is 2.52. The summed E-state index contributed by atoms with van der Waals surface area (Å²) in [5.74, 6) is 0. The fourth-order valence-electron chi connectivity index (χ4n) is 3.79. The van der Waals surface area contributed by atoms with Gasteiger partial charge in [-0.25, -0.2) is 0 Å². The van der Waals surface area contributed by atoms with E-state index in [0.29, 0.717) is 17.2 Å². The first-order valence-corrected chi connectivity index (χ1v) is 9.63. The topological polar surface area (TPSA) is 57.0 Å². The van der Waals surface area contributed by atoms with Crippen molar-refractivity contribution in [2.24, 2.45) is 5.41 Å². The maximum atomic E-state index is 11.9. The van der Waals surface area contributed by atoms with Crippen LogP contribution in [0.1, 0.15) is 36.3 Å². The lowest BCUT2D eigenvalue weighted by atomic mass is 9.61. The first-order chi connectivity index (χ1) is 12.3. The van der Waals surface area contributed by atoms with Gasteiger partial charge >= 0.3 is 0 Å². The third-order valence-corrected chi connectivity index (χ3v) is 6.72. The average molecular weight is 383 g/mol. The molecule has 1 atom stereocenters. The molecular formula is C21H19ClN2OS. The zero-order valence-electron chi connectivity index (χ0n) is 14.6. The van der Waals surface area contributed by atoms with Crippen LogP contribution in [-0.2, 0) is 5.60 Å². The molecule has 1 aliphatic rings. The summed E-state index contributed by atoms with van der Waals surface area (Å²) in [6.45, 7) is 4.03. The van der Waals surface area contributed by atoms with Gasteiger partial charge in [-0.3, -0.25) is 4.98 Å². The SMILES string of the molecule is CC1(C)CC(=N)c2sc(-c3ccncc3)cc2C1(O)c1ccc(Cl)cc1. The number of rotatable bonds is 2. The molecule has 3 nitrogen and oxygen atoms in total. The van der Waals surface area contributed by atoms with Crippen molar-refractivity contribution < 1.29 is 5.11 Å². The van der Waals surface area contributed by atoms with Crippen LogP contribution in [0, 0.1) is 10.8 Å². The van der Waals surface area contributed by atoms with Crippen LogP contribution >= 0.6 is 22.9 Å². The van der Waals surface area contributed by atoms with Gasteiger partial charge in [-0.1, -0.05) is 37.6 Å². The number of hydrogen-bond donors (Lipinski definition) is 2. The zero-order chi connectivity index (χ0) is 18.5. The highest BCUT2D eigenvalue weighted by Crippen LogP contribution is 2.54. The highest BCUT2D eigenvalue weighted by atomic mass is 35.5. The van der Waals surface area contributed by atoms with E-state index in [1.807, 2.05) is 44.2 Å². The van der Waals surface area contributed by atoms with Crippen LogP contribution in [0.5, 0.6) is 0 Å². The Hall–Kier alpha value is -2.01. The number of thiophene rings is 1. The second-order valence-corrected chi connectivity index (χ2v) is 8.83. The molecule has 2 heterocycles. The number of hydrogen-bond acceptors (Lipinski definition) is 4. The molecule has 0 spiro atoms. The number of nitrogens with zero attached hydrogens (tertiary/aromatic N) is 1. The number of nitrogens with one attached hydrogen (secondary N) is 1. The van der Waals surface area contributed by atoms with Gasteiger partial charge in [-0.2, -0.15) is 0 Å². The van der Waals surface area contributed by atoms with Crippen LogP contribution in [0.3, 0.4) is 0 Å². The van der Waals surface area contributed by atoms with Crippen molar-refractivity contribution in [1.29, 1.82) is 5.41 Å². The second-order valence-electron chi connectivity index (χ2n) is 7.35. The monoisotopic (exact) mass is 382 g/mol. The quantitative estimate of drug-likeness (QED) is 0.615. The van der Waals surface area contributed by atoms with Crippen molar-refractivity contribution in [3.8, 4) is 10.4 Å². The summed E-state index contributed by atoms with van der Waals surface area (Å²) in [4.78, 5) is 5.97. The summed E-state index contributed by atoms with van der Waals surface area (Å²) in [5.41, 5.74) is 1.54. The second kappa shape index (κ2) is 6.02. The first-order valence-electron chi connectivity index (χ1n) is 8.44. The van der Waals surface area contributed by atoms with Crippen molar-refractivity contribution in [1.82, 2.24) is 4.98 Å². The van der Waals surface area contributed by atoms with Gasteiger partial charge < -0.3 is 10.5 Å². The minimum atomic E-state index is -1.18. The highest BCUT2D eigenvalue weighted by molar-refractivity contribution is 7.17. The summed E-state index contributed by atoms with van der Waals surface area (Å²) >= 11 is 7.61. The van der Waals surface area contributed by atoms with E-state index in [1.54, 1.807) is 35.9 Å². The van der Waals surface area contributed by atoms with Gasteiger partial charge in [0.1, 0.15) is 5.60 Å². The van der Waals surface area contributed by atoms with Gasteiger partial charge in [0.15, 0.2) is 0 Å². The molecule has 1 aromatic carbocycles. The van der Waals surface area contributed by atoms with Crippen molar-refractivity contribution in [2.45, 2.75) is 25.9 Å². The summed E-state index contributed by atoms with van der Waals surface area (Å²) in [6.07, 6.45) is 4.03. The molecule has 0 saturated carbocycles. The van der Waals surface area contributed by atoms with Gasteiger partial charge in [-0.15, -0.1) is 11.3 Å². The number of aliphatic hydroxyl groups is 1. The zero-order valence-corrected chi connectivity index (χ0v) is 16.2. The Kier molecular flexibility index (Phi) is 4.03. The van der Waals surface area contributed by atoms with E-state index >= 15 is 0 Å². The van der Waals surface area contributed by atoms with Crippen LogP contribution in [0.4, 0.5) is 0 Å².